The molecule has 0 saturated heterocycles. The van der Waals surface area contributed by atoms with E-state index in [0.29, 0.717) is 0 Å². The average molecular weight is 416 g/mol. The van der Waals surface area contributed by atoms with Crippen LogP contribution in [0.1, 0.15) is 0 Å². The van der Waals surface area contributed by atoms with Crippen molar-refractivity contribution in [2.75, 3.05) is 0 Å². The highest BCUT2D eigenvalue weighted by Crippen LogP contribution is 2.38. The van der Waals surface area contributed by atoms with E-state index in [2.05, 4.69) is 20.9 Å². The van der Waals surface area contributed by atoms with Crippen LogP contribution in [0.4, 0.5) is 10.1 Å². The molecular formula is C11H3BrCl3FN2O3. The van der Waals surface area contributed by atoms with Crippen LogP contribution in [0.15, 0.2) is 22.7 Å². The van der Waals surface area contributed by atoms with E-state index in [4.69, 9.17) is 39.5 Å². The largest absolute Gasteiger partial charge is 0.430 e. The predicted molar refractivity (Wildman–Crippen MR) is 80.1 cm³/mol. The number of nitrogens with zero attached hydrogens (tertiary/aromatic N) is 2. The molecule has 2 rings (SSSR count). The third-order valence-electron chi connectivity index (χ3n) is 2.26. The SMILES string of the molecule is O=[N+]([O-])c1cc(Br)c(F)cc1Oc1nc(Cl)c(Cl)cc1Cl. The number of nitro benzene ring substituents is 1. The van der Waals surface area contributed by atoms with Gasteiger partial charge >= 0.3 is 5.69 Å². The zero-order valence-electron chi connectivity index (χ0n) is 9.74. The molecule has 0 N–H and O–H groups in total. The molecule has 110 valence electrons. The first-order valence-electron chi connectivity index (χ1n) is 5.12. The van der Waals surface area contributed by atoms with Crippen molar-refractivity contribution in [3.8, 4) is 11.6 Å². The Hall–Kier alpha value is -1.15. The van der Waals surface area contributed by atoms with Crippen LogP contribution in [0.2, 0.25) is 15.2 Å². The molecule has 0 aliphatic carbocycles. The van der Waals surface area contributed by atoms with Crippen LogP contribution in [-0.4, -0.2) is 9.91 Å². The first-order valence-corrected chi connectivity index (χ1v) is 7.05. The normalized spacial score (nSPS) is 10.5. The van der Waals surface area contributed by atoms with Crippen molar-refractivity contribution < 1.29 is 14.1 Å². The highest BCUT2D eigenvalue weighted by Gasteiger charge is 2.21. The summed E-state index contributed by atoms with van der Waals surface area (Å²) in [6.07, 6.45) is 0. The average Bonchev–Trinajstić information content (AvgIpc) is 2.39. The smallest absolute Gasteiger partial charge is 0.312 e. The van der Waals surface area contributed by atoms with Crippen LogP contribution >= 0.6 is 50.7 Å². The van der Waals surface area contributed by atoms with E-state index in [1.807, 2.05) is 0 Å². The number of nitro groups is 1. The first-order chi connectivity index (χ1) is 9.79. The number of halogens is 5. The summed E-state index contributed by atoms with van der Waals surface area (Å²) in [5.74, 6) is -1.34. The van der Waals surface area contributed by atoms with Crippen molar-refractivity contribution in [1.82, 2.24) is 4.98 Å². The topological polar surface area (TPSA) is 65.3 Å². The second-order valence-corrected chi connectivity index (χ2v) is 5.67. The molecule has 0 spiro atoms. The number of rotatable bonds is 3. The standard InChI is InChI=1S/C11H3BrCl3FN2O3/c12-4-1-8(18(19)20)9(3-7(4)16)21-11-6(14)2-5(13)10(15)17-11/h1-3H. The minimum absolute atomic E-state index is 0.0259. The summed E-state index contributed by atoms with van der Waals surface area (Å²) in [6.45, 7) is 0. The molecule has 21 heavy (non-hydrogen) atoms. The van der Waals surface area contributed by atoms with Crippen LogP contribution in [0.25, 0.3) is 0 Å². The molecule has 0 bridgehead atoms. The molecule has 0 fully saturated rings. The third kappa shape index (κ3) is 3.55. The van der Waals surface area contributed by atoms with Crippen molar-refractivity contribution >= 4 is 56.4 Å². The van der Waals surface area contributed by atoms with Gasteiger partial charge in [-0.3, -0.25) is 10.1 Å². The number of aromatic nitrogens is 1. The zero-order chi connectivity index (χ0) is 15.7. The van der Waals surface area contributed by atoms with Gasteiger partial charge in [0.25, 0.3) is 0 Å². The monoisotopic (exact) mass is 414 g/mol. The molecule has 10 heteroatoms. The molecule has 1 aromatic heterocycles. The van der Waals surface area contributed by atoms with Gasteiger partial charge in [0.2, 0.25) is 11.6 Å². The second-order valence-electron chi connectivity index (χ2n) is 3.64. The van der Waals surface area contributed by atoms with E-state index >= 15 is 0 Å². The van der Waals surface area contributed by atoms with Crippen LogP contribution in [0.5, 0.6) is 11.6 Å². The Labute approximate surface area is 140 Å². The highest BCUT2D eigenvalue weighted by atomic mass is 79.9. The lowest BCUT2D eigenvalue weighted by molar-refractivity contribution is -0.385. The molecule has 0 atom stereocenters. The Morgan fingerprint density at radius 3 is 2.52 bits per heavy atom. The van der Waals surface area contributed by atoms with E-state index in [-0.39, 0.29) is 31.3 Å². The van der Waals surface area contributed by atoms with Crippen molar-refractivity contribution in [3.63, 3.8) is 0 Å². The van der Waals surface area contributed by atoms with Crippen molar-refractivity contribution in [3.05, 3.63) is 53.8 Å². The van der Waals surface area contributed by atoms with Gasteiger partial charge in [-0.15, -0.1) is 0 Å². The van der Waals surface area contributed by atoms with E-state index in [9.17, 15) is 14.5 Å². The van der Waals surface area contributed by atoms with Crippen molar-refractivity contribution in [1.29, 1.82) is 0 Å². The summed E-state index contributed by atoms with van der Waals surface area (Å²) in [4.78, 5) is 14.0. The van der Waals surface area contributed by atoms with Gasteiger partial charge in [0, 0.05) is 12.1 Å². The Morgan fingerprint density at radius 2 is 1.90 bits per heavy atom. The number of benzene rings is 1. The predicted octanol–water partition coefficient (Wildman–Crippen LogP) is 5.64. The van der Waals surface area contributed by atoms with E-state index in [0.717, 1.165) is 12.1 Å². The molecule has 0 radical (unpaired) electrons. The van der Waals surface area contributed by atoms with Gasteiger partial charge in [0.05, 0.1) is 14.4 Å². The lowest BCUT2D eigenvalue weighted by Crippen LogP contribution is -1.97. The van der Waals surface area contributed by atoms with E-state index in [1.165, 1.54) is 6.07 Å². The van der Waals surface area contributed by atoms with Gasteiger partial charge in [0.1, 0.15) is 10.8 Å². The number of ether oxygens (including phenoxy) is 1. The zero-order valence-corrected chi connectivity index (χ0v) is 13.6. The Kier molecular flexibility index (Phi) is 4.88. The quantitative estimate of drug-likeness (QED) is 0.369. The number of hydrogen-bond acceptors (Lipinski definition) is 4. The van der Waals surface area contributed by atoms with Crippen LogP contribution < -0.4 is 4.74 Å². The summed E-state index contributed by atoms with van der Waals surface area (Å²) in [7, 11) is 0. The summed E-state index contributed by atoms with van der Waals surface area (Å²) in [5, 5.41) is 10.9. The minimum atomic E-state index is -0.744. The van der Waals surface area contributed by atoms with Crippen LogP contribution in [-0.2, 0) is 0 Å². The Bertz CT molecular complexity index is 745. The summed E-state index contributed by atoms with van der Waals surface area (Å²) in [5.41, 5.74) is -0.466. The molecule has 1 heterocycles. The molecule has 0 saturated carbocycles. The molecule has 2 aromatic rings. The Balaban J connectivity index is 2.51. The second kappa shape index (κ2) is 6.31. The van der Waals surface area contributed by atoms with Gasteiger partial charge in [-0.25, -0.2) is 4.39 Å². The highest BCUT2D eigenvalue weighted by molar-refractivity contribution is 9.10. The minimum Gasteiger partial charge on any atom is -0.430 e. The molecule has 0 aliphatic rings. The van der Waals surface area contributed by atoms with E-state index in [1.54, 1.807) is 0 Å². The molecule has 1 aromatic carbocycles. The van der Waals surface area contributed by atoms with Crippen molar-refractivity contribution in [2.24, 2.45) is 0 Å². The summed E-state index contributed by atoms with van der Waals surface area (Å²) >= 11 is 20.1. The van der Waals surface area contributed by atoms with Gasteiger partial charge in [-0.1, -0.05) is 34.8 Å². The molecular weight excluding hydrogens is 413 g/mol. The van der Waals surface area contributed by atoms with Crippen LogP contribution in [0, 0.1) is 15.9 Å². The maximum Gasteiger partial charge on any atom is 0.312 e. The van der Waals surface area contributed by atoms with Gasteiger partial charge in [-0.05, 0) is 22.0 Å². The Morgan fingerprint density at radius 1 is 1.24 bits per heavy atom. The van der Waals surface area contributed by atoms with Gasteiger partial charge in [0.15, 0.2) is 5.15 Å². The maximum atomic E-state index is 13.5. The maximum absolute atomic E-state index is 13.5. The van der Waals surface area contributed by atoms with E-state index < -0.39 is 16.4 Å². The summed E-state index contributed by atoms with van der Waals surface area (Å²) < 4.78 is 18.6. The lowest BCUT2D eigenvalue weighted by atomic mass is 10.3. The van der Waals surface area contributed by atoms with Crippen LogP contribution in [0.3, 0.4) is 0 Å². The van der Waals surface area contributed by atoms with Gasteiger partial charge < -0.3 is 4.74 Å². The summed E-state index contributed by atoms with van der Waals surface area (Å²) in [6, 6.07) is 3.06. The molecule has 0 unspecified atom stereocenters. The fraction of sp³-hybridized carbons (Fsp3) is 0. The fourth-order valence-electron chi connectivity index (χ4n) is 1.35. The lowest BCUT2D eigenvalue weighted by Gasteiger charge is -2.08. The fourth-order valence-corrected chi connectivity index (χ4v) is 2.21. The molecule has 0 amide bonds. The number of pyridine rings is 1. The molecule has 5 nitrogen and oxygen atoms in total. The first kappa shape index (κ1) is 16.2. The van der Waals surface area contributed by atoms with Crippen molar-refractivity contribution in [2.45, 2.75) is 0 Å². The molecule has 0 aliphatic heterocycles. The third-order valence-corrected chi connectivity index (χ3v) is 3.81. The van der Waals surface area contributed by atoms with Gasteiger partial charge in [-0.2, -0.15) is 4.98 Å². The number of hydrogen-bond donors (Lipinski definition) is 0.